The normalized spacial score (nSPS) is 11.2. The number of hydrogen-bond donors (Lipinski definition) is 0. The molecule has 0 N–H and O–H groups in total. The van der Waals surface area contributed by atoms with Crippen molar-refractivity contribution in [1.29, 1.82) is 0 Å². The Balaban J connectivity index is 2.00. The van der Waals surface area contributed by atoms with Crippen LogP contribution in [-0.4, -0.2) is 14.5 Å². The Morgan fingerprint density at radius 1 is 0.966 bits per heavy atom. The molecule has 1 aromatic heterocycles. The van der Waals surface area contributed by atoms with E-state index < -0.39 is 4.92 Å². The number of nitro benzene ring substituents is 1. The SMILES string of the molecule is O=c1c2ccccc2nc(C=Cc2cccc(Br)c2)n1-c1ccccc1[N+](=O)[O-]. The molecule has 3 aromatic carbocycles. The molecule has 0 saturated heterocycles. The van der Waals surface area contributed by atoms with Gasteiger partial charge in [0.25, 0.3) is 11.2 Å². The fourth-order valence-electron chi connectivity index (χ4n) is 3.08. The first-order valence-electron chi connectivity index (χ1n) is 8.74. The number of nitro groups is 1. The quantitative estimate of drug-likeness (QED) is 0.317. The smallest absolute Gasteiger partial charge is 0.268 e. The van der Waals surface area contributed by atoms with E-state index >= 15 is 0 Å². The predicted octanol–water partition coefficient (Wildman–Crippen LogP) is 5.23. The first kappa shape index (κ1) is 18.8. The lowest BCUT2D eigenvalue weighted by molar-refractivity contribution is -0.384. The van der Waals surface area contributed by atoms with Crippen LogP contribution in [0, 0.1) is 10.1 Å². The van der Waals surface area contributed by atoms with Gasteiger partial charge in [0.05, 0.1) is 15.8 Å². The van der Waals surface area contributed by atoms with Crippen molar-refractivity contribution in [1.82, 2.24) is 9.55 Å². The summed E-state index contributed by atoms with van der Waals surface area (Å²) in [6.45, 7) is 0. The summed E-state index contributed by atoms with van der Waals surface area (Å²) in [5, 5.41) is 11.9. The molecule has 4 rings (SSSR count). The average Bonchev–Trinajstić information content (AvgIpc) is 2.72. The van der Waals surface area contributed by atoms with Gasteiger partial charge in [-0.15, -0.1) is 0 Å². The third kappa shape index (κ3) is 3.72. The minimum absolute atomic E-state index is 0.163. The third-order valence-electron chi connectivity index (χ3n) is 4.39. The fraction of sp³-hybridized carbons (Fsp3) is 0. The first-order valence-corrected chi connectivity index (χ1v) is 9.53. The molecule has 6 nitrogen and oxygen atoms in total. The zero-order chi connectivity index (χ0) is 20.4. The molecule has 0 atom stereocenters. The Labute approximate surface area is 174 Å². The van der Waals surface area contributed by atoms with Gasteiger partial charge in [-0.25, -0.2) is 4.98 Å². The van der Waals surface area contributed by atoms with E-state index in [0.29, 0.717) is 16.7 Å². The molecule has 0 amide bonds. The highest BCUT2D eigenvalue weighted by Crippen LogP contribution is 2.24. The van der Waals surface area contributed by atoms with Crippen molar-refractivity contribution < 1.29 is 4.92 Å². The molecule has 7 heteroatoms. The lowest BCUT2D eigenvalue weighted by atomic mass is 10.2. The van der Waals surface area contributed by atoms with Gasteiger partial charge in [-0.3, -0.25) is 19.5 Å². The Morgan fingerprint density at radius 3 is 2.52 bits per heavy atom. The second-order valence-corrected chi connectivity index (χ2v) is 7.18. The summed E-state index contributed by atoms with van der Waals surface area (Å²) in [4.78, 5) is 28.9. The fourth-order valence-corrected chi connectivity index (χ4v) is 3.50. The molecule has 0 spiro atoms. The molecule has 29 heavy (non-hydrogen) atoms. The summed E-state index contributed by atoms with van der Waals surface area (Å²) < 4.78 is 2.21. The molecule has 0 fully saturated rings. The van der Waals surface area contributed by atoms with Gasteiger partial charge >= 0.3 is 0 Å². The predicted molar refractivity (Wildman–Crippen MR) is 117 cm³/mol. The molecule has 0 aliphatic carbocycles. The van der Waals surface area contributed by atoms with Gasteiger partial charge < -0.3 is 0 Å². The van der Waals surface area contributed by atoms with Crippen LogP contribution in [-0.2, 0) is 0 Å². The van der Waals surface area contributed by atoms with Crippen LogP contribution in [0.3, 0.4) is 0 Å². The van der Waals surface area contributed by atoms with E-state index in [-0.39, 0.29) is 16.9 Å². The zero-order valence-corrected chi connectivity index (χ0v) is 16.6. The number of para-hydroxylation sites is 3. The highest BCUT2D eigenvalue weighted by atomic mass is 79.9. The molecule has 0 saturated carbocycles. The van der Waals surface area contributed by atoms with Crippen molar-refractivity contribution in [2.45, 2.75) is 0 Å². The van der Waals surface area contributed by atoms with E-state index in [4.69, 9.17) is 0 Å². The largest absolute Gasteiger partial charge is 0.293 e. The lowest BCUT2D eigenvalue weighted by Crippen LogP contribution is -2.23. The van der Waals surface area contributed by atoms with Crippen LogP contribution in [0.2, 0.25) is 0 Å². The van der Waals surface area contributed by atoms with Crippen molar-refractivity contribution in [3.63, 3.8) is 0 Å². The monoisotopic (exact) mass is 447 g/mol. The van der Waals surface area contributed by atoms with E-state index in [1.165, 1.54) is 10.6 Å². The topological polar surface area (TPSA) is 78.0 Å². The molecule has 0 aliphatic rings. The second kappa shape index (κ2) is 7.81. The van der Waals surface area contributed by atoms with Gasteiger partial charge in [0, 0.05) is 10.5 Å². The number of benzene rings is 3. The maximum absolute atomic E-state index is 13.2. The number of aromatic nitrogens is 2. The Morgan fingerprint density at radius 2 is 1.72 bits per heavy atom. The molecular formula is C22H14BrN3O3. The van der Waals surface area contributed by atoms with Gasteiger partial charge in [-0.05, 0) is 42.0 Å². The van der Waals surface area contributed by atoms with Crippen LogP contribution in [0.5, 0.6) is 0 Å². The molecule has 0 unspecified atom stereocenters. The second-order valence-electron chi connectivity index (χ2n) is 6.26. The number of nitrogens with zero attached hydrogens (tertiary/aromatic N) is 3. The van der Waals surface area contributed by atoms with E-state index in [0.717, 1.165) is 10.0 Å². The number of fused-ring (bicyclic) bond motifs is 1. The minimum Gasteiger partial charge on any atom is -0.268 e. The summed E-state index contributed by atoms with van der Waals surface area (Å²) in [5.41, 5.74) is 1.08. The van der Waals surface area contributed by atoms with Crippen LogP contribution in [0.15, 0.2) is 82.1 Å². The minimum atomic E-state index is -0.501. The highest BCUT2D eigenvalue weighted by Gasteiger charge is 2.19. The molecule has 4 aromatic rings. The molecule has 0 radical (unpaired) electrons. The summed E-state index contributed by atoms with van der Waals surface area (Å²) in [6, 6.07) is 20.7. The van der Waals surface area contributed by atoms with Crippen LogP contribution in [0.4, 0.5) is 5.69 Å². The summed E-state index contributed by atoms with van der Waals surface area (Å²) in [6.07, 6.45) is 3.50. The zero-order valence-electron chi connectivity index (χ0n) is 15.0. The van der Waals surface area contributed by atoms with E-state index in [9.17, 15) is 14.9 Å². The van der Waals surface area contributed by atoms with Crippen LogP contribution >= 0.6 is 15.9 Å². The van der Waals surface area contributed by atoms with E-state index in [2.05, 4.69) is 20.9 Å². The van der Waals surface area contributed by atoms with Crippen molar-refractivity contribution in [2.24, 2.45) is 0 Å². The summed E-state index contributed by atoms with van der Waals surface area (Å²) in [5.74, 6) is 0.308. The van der Waals surface area contributed by atoms with Gasteiger partial charge in [-0.1, -0.05) is 58.4 Å². The number of halogens is 1. The summed E-state index contributed by atoms with van der Waals surface area (Å²) in [7, 11) is 0. The van der Waals surface area contributed by atoms with Crippen molar-refractivity contribution in [3.8, 4) is 5.69 Å². The Kier molecular flexibility index (Phi) is 5.05. The van der Waals surface area contributed by atoms with Gasteiger partial charge in [0.1, 0.15) is 11.5 Å². The summed E-state index contributed by atoms with van der Waals surface area (Å²) >= 11 is 3.43. The van der Waals surface area contributed by atoms with Crippen LogP contribution in [0.1, 0.15) is 11.4 Å². The average molecular weight is 448 g/mol. The van der Waals surface area contributed by atoms with E-state index in [1.807, 2.05) is 30.3 Å². The maximum atomic E-state index is 13.2. The molecule has 1 heterocycles. The Bertz CT molecular complexity index is 1330. The van der Waals surface area contributed by atoms with Crippen molar-refractivity contribution in [3.05, 3.63) is 109 Å². The maximum Gasteiger partial charge on any atom is 0.293 e. The van der Waals surface area contributed by atoms with Crippen molar-refractivity contribution >= 4 is 44.7 Å². The van der Waals surface area contributed by atoms with Crippen molar-refractivity contribution in [2.75, 3.05) is 0 Å². The number of rotatable bonds is 4. The third-order valence-corrected chi connectivity index (χ3v) is 4.89. The highest BCUT2D eigenvalue weighted by molar-refractivity contribution is 9.10. The first-order chi connectivity index (χ1) is 14.0. The lowest BCUT2D eigenvalue weighted by Gasteiger charge is -2.11. The van der Waals surface area contributed by atoms with E-state index in [1.54, 1.807) is 48.5 Å². The molecule has 0 aliphatic heterocycles. The van der Waals surface area contributed by atoms with Crippen LogP contribution in [0.25, 0.3) is 28.7 Å². The van der Waals surface area contributed by atoms with Gasteiger partial charge in [0.2, 0.25) is 0 Å². The Hall–Kier alpha value is -3.58. The van der Waals surface area contributed by atoms with Gasteiger partial charge in [0.15, 0.2) is 0 Å². The molecule has 0 bridgehead atoms. The molecular weight excluding hydrogens is 434 g/mol. The molecule has 142 valence electrons. The van der Waals surface area contributed by atoms with Crippen LogP contribution < -0.4 is 5.56 Å². The number of hydrogen-bond acceptors (Lipinski definition) is 4. The standard InChI is InChI=1S/C22H14BrN3O3/c23-16-7-5-6-15(14-16)12-13-21-24-18-9-2-1-8-17(18)22(27)25(21)19-10-3-4-11-20(19)26(28)29/h1-14H. The van der Waals surface area contributed by atoms with Gasteiger partial charge in [-0.2, -0.15) is 0 Å².